The van der Waals surface area contributed by atoms with Crippen molar-refractivity contribution >= 4 is 5.69 Å². The van der Waals surface area contributed by atoms with E-state index in [1.165, 1.54) is 0 Å². The number of benzene rings is 2. The van der Waals surface area contributed by atoms with Crippen molar-refractivity contribution in [3.8, 4) is 0 Å². The van der Waals surface area contributed by atoms with Crippen LogP contribution >= 0.6 is 0 Å². The van der Waals surface area contributed by atoms with Gasteiger partial charge in [0.05, 0.1) is 11.0 Å². The number of fused-ring (bicyclic) bond motifs is 1. The average molecular weight is 298 g/mol. The molecule has 1 aliphatic rings. The molecule has 1 aliphatic heterocycles. The molecule has 1 N–H and O–H groups in total. The molecule has 3 rings (SSSR count). The highest BCUT2D eigenvalue weighted by molar-refractivity contribution is 5.46. The van der Waals surface area contributed by atoms with E-state index in [9.17, 15) is 15.2 Å². The second-order valence-corrected chi connectivity index (χ2v) is 5.58. The molecular weight excluding hydrogens is 280 g/mol. The van der Waals surface area contributed by atoms with E-state index in [1.54, 1.807) is 12.1 Å². The van der Waals surface area contributed by atoms with Crippen LogP contribution in [0.2, 0.25) is 0 Å². The predicted molar refractivity (Wildman–Crippen MR) is 83.5 cm³/mol. The second kappa shape index (κ2) is 6.25. The Balaban J connectivity index is 1.72. The molecule has 2 aromatic rings. The summed E-state index contributed by atoms with van der Waals surface area (Å²) in [6, 6.07) is 14.8. The summed E-state index contributed by atoms with van der Waals surface area (Å²) in [5, 5.41) is 21.4. The minimum absolute atomic E-state index is 0.209. The molecule has 22 heavy (non-hydrogen) atoms. The van der Waals surface area contributed by atoms with Crippen molar-refractivity contribution in [1.82, 2.24) is 4.90 Å². The summed E-state index contributed by atoms with van der Waals surface area (Å²) in [5.74, 6) is 0. The van der Waals surface area contributed by atoms with Crippen LogP contribution in [0, 0.1) is 10.1 Å². The van der Waals surface area contributed by atoms with Gasteiger partial charge in [-0.3, -0.25) is 15.0 Å². The zero-order valence-corrected chi connectivity index (χ0v) is 12.2. The number of aliphatic hydroxyl groups excluding tert-OH is 1. The lowest BCUT2D eigenvalue weighted by molar-refractivity contribution is -0.385. The predicted octanol–water partition coefficient (Wildman–Crippen LogP) is 2.69. The molecule has 0 amide bonds. The first-order valence-corrected chi connectivity index (χ1v) is 7.35. The van der Waals surface area contributed by atoms with Crippen LogP contribution in [-0.4, -0.2) is 28.0 Å². The first kappa shape index (κ1) is 14.7. The van der Waals surface area contributed by atoms with Crippen molar-refractivity contribution in [2.24, 2.45) is 0 Å². The average Bonchev–Trinajstić information content (AvgIpc) is 2.54. The summed E-state index contributed by atoms with van der Waals surface area (Å²) in [5.41, 5.74) is 2.92. The van der Waals surface area contributed by atoms with Gasteiger partial charge in [0.2, 0.25) is 0 Å². The number of nitro groups is 1. The van der Waals surface area contributed by atoms with Gasteiger partial charge in [0.15, 0.2) is 0 Å². The van der Waals surface area contributed by atoms with E-state index >= 15 is 0 Å². The van der Waals surface area contributed by atoms with E-state index in [1.807, 2.05) is 36.4 Å². The molecule has 5 heteroatoms. The Morgan fingerprint density at radius 1 is 1.18 bits per heavy atom. The molecule has 0 saturated carbocycles. The Hall–Kier alpha value is -2.24. The van der Waals surface area contributed by atoms with Gasteiger partial charge in [-0.15, -0.1) is 0 Å². The number of hydrogen-bond acceptors (Lipinski definition) is 4. The molecule has 0 bridgehead atoms. The maximum absolute atomic E-state index is 11.1. The van der Waals surface area contributed by atoms with E-state index in [0.29, 0.717) is 19.5 Å². The molecule has 5 nitrogen and oxygen atoms in total. The minimum atomic E-state index is -0.540. The molecule has 114 valence electrons. The highest BCUT2D eigenvalue weighted by atomic mass is 16.6. The molecule has 0 aromatic heterocycles. The lowest BCUT2D eigenvalue weighted by Crippen LogP contribution is -2.34. The molecule has 0 fully saturated rings. The van der Waals surface area contributed by atoms with Crippen LogP contribution in [0.4, 0.5) is 5.69 Å². The van der Waals surface area contributed by atoms with Crippen LogP contribution in [0.3, 0.4) is 0 Å². The molecule has 0 aliphatic carbocycles. The maximum Gasteiger partial charge on any atom is 0.272 e. The third-order valence-electron chi connectivity index (χ3n) is 4.13. The molecule has 2 aromatic carbocycles. The fraction of sp³-hybridized carbons (Fsp3) is 0.294. The van der Waals surface area contributed by atoms with Crippen molar-refractivity contribution in [1.29, 1.82) is 0 Å². The van der Waals surface area contributed by atoms with Crippen molar-refractivity contribution in [3.05, 3.63) is 75.3 Å². The standard InChI is InChI=1S/C17H18N2O3/c20-17(13-5-2-1-3-6-13)12-18-10-9-15-14(11-18)7-4-8-16(15)19(21)22/h1-8,17,20H,9-12H2. The van der Waals surface area contributed by atoms with Crippen LogP contribution in [-0.2, 0) is 13.0 Å². The number of nitrogens with zero attached hydrogens (tertiary/aromatic N) is 2. The van der Waals surface area contributed by atoms with Crippen LogP contribution in [0.1, 0.15) is 22.8 Å². The topological polar surface area (TPSA) is 66.6 Å². The van der Waals surface area contributed by atoms with Crippen LogP contribution < -0.4 is 0 Å². The fourth-order valence-electron chi connectivity index (χ4n) is 3.00. The lowest BCUT2D eigenvalue weighted by Gasteiger charge is -2.30. The van der Waals surface area contributed by atoms with Crippen LogP contribution in [0.5, 0.6) is 0 Å². The fourth-order valence-corrected chi connectivity index (χ4v) is 3.00. The monoisotopic (exact) mass is 298 g/mol. The third-order valence-corrected chi connectivity index (χ3v) is 4.13. The van der Waals surface area contributed by atoms with Crippen molar-refractivity contribution in [3.63, 3.8) is 0 Å². The lowest BCUT2D eigenvalue weighted by atomic mass is 9.97. The Morgan fingerprint density at radius 2 is 1.95 bits per heavy atom. The van der Waals surface area contributed by atoms with Crippen LogP contribution in [0.25, 0.3) is 0 Å². The SMILES string of the molecule is O=[N+]([O-])c1cccc2c1CCN(CC(O)c1ccccc1)C2. The zero-order chi connectivity index (χ0) is 15.5. The summed E-state index contributed by atoms with van der Waals surface area (Å²) in [7, 11) is 0. The van der Waals surface area contributed by atoms with Gasteiger partial charge in [-0.2, -0.15) is 0 Å². The highest BCUT2D eigenvalue weighted by Crippen LogP contribution is 2.28. The summed E-state index contributed by atoms with van der Waals surface area (Å²) in [4.78, 5) is 12.9. The second-order valence-electron chi connectivity index (χ2n) is 5.58. The smallest absolute Gasteiger partial charge is 0.272 e. The Labute approximate surface area is 129 Å². The molecule has 1 heterocycles. The Kier molecular flexibility index (Phi) is 4.18. The molecule has 0 spiro atoms. The third kappa shape index (κ3) is 3.00. The molecular formula is C17H18N2O3. The molecule has 0 saturated heterocycles. The normalized spacial score (nSPS) is 16.0. The van der Waals surface area contributed by atoms with E-state index in [2.05, 4.69) is 4.90 Å². The summed E-state index contributed by atoms with van der Waals surface area (Å²) < 4.78 is 0. The Bertz CT molecular complexity index is 673. The number of aliphatic hydroxyl groups is 1. The molecule has 0 radical (unpaired) electrons. The highest BCUT2D eigenvalue weighted by Gasteiger charge is 2.24. The van der Waals surface area contributed by atoms with Crippen LogP contribution in [0.15, 0.2) is 48.5 Å². The summed E-state index contributed by atoms with van der Waals surface area (Å²) in [6.07, 6.45) is 0.106. The zero-order valence-electron chi connectivity index (χ0n) is 12.2. The van der Waals surface area contributed by atoms with Gasteiger partial charge in [0.1, 0.15) is 0 Å². The van der Waals surface area contributed by atoms with Gasteiger partial charge in [-0.05, 0) is 17.5 Å². The quantitative estimate of drug-likeness (QED) is 0.696. The van der Waals surface area contributed by atoms with Gasteiger partial charge in [0, 0.05) is 31.3 Å². The Morgan fingerprint density at radius 3 is 2.68 bits per heavy atom. The van der Waals surface area contributed by atoms with E-state index in [0.717, 1.165) is 23.2 Å². The largest absolute Gasteiger partial charge is 0.387 e. The van der Waals surface area contributed by atoms with Crippen molar-refractivity contribution < 1.29 is 10.0 Å². The van der Waals surface area contributed by atoms with Crippen molar-refractivity contribution in [2.75, 3.05) is 13.1 Å². The van der Waals surface area contributed by atoms with Gasteiger partial charge < -0.3 is 5.11 Å². The first-order valence-electron chi connectivity index (χ1n) is 7.35. The molecule has 1 atom stereocenters. The summed E-state index contributed by atoms with van der Waals surface area (Å²) >= 11 is 0. The van der Waals surface area contributed by atoms with E-state index in [4.69, 9.17) is 0 Å². The van der Waals surface area contributed by atoms with Gasteiger partial charge in [-0.1, -0.05) is 42.5 Å². The number of rotatable bonds is 4. The molecule has 1 unspecified atom stereocenters. The van der Waals surface area contributed by atoms with Gasteiger partial charge in [0.25, 0.3) is 5.69 Å². The summed E-state index contributed by atoms with van der Waals surface area (Å²) in [6.45, 7) is 1.90. The number of hydrogen-bond donors (Lipinski definition) is 1. The van der Waals surface area contributed by atoms with Crippen molar-refractivity contribution in [2.45, 2.75) is 19.1 Å². The van der Waals surface area contributed by atoms with Gasteiger partial charge >= 0.3 is 0 Å². The minimum Gasteiger partial charge on any atom is -0.387 e. The first-order chi connectivity index (χ1) is 10.6. The number of nitro benzene ring substituents is 1. The maximum atomic E-state index is 11.1. The van der Waals surface area contributed by atoms with E-state index < -0.39 is 6.10 Å². The van der Waals surface area contributed by atoms with E-state index in [-0.39, 0.29) is 10.6 Å². The van der Waals surface area contributed by atoms with Gasteiger partial charge in [-0.25, -0.2) is 0 Å². The number of β-amino-alcohol motifs (C(OH)–C–C–N with tert-alkyl or cyclic N) is 1.